The Hall–Kier alpha value is -1.52. The number of aliphatic imine (C=N–C) groups is 1. The summed E-state index contributed by atoms with van der Waals surface area (Å²) >= 11 is 0. The monoisotopic (exact) mass is 509 g/mol. The van der Waals surface area contributed by atoms with Crippen LogP contribution in [-0.2, 0) is 9.53 Å². The Kier molecular flexibility index (Phi) is 11.5. The number of halogens is 1. The van der Waals surface area contributed by atoms with E-state index in [2.05, 4.69) is 22.2 Å². The number of piperidine rings is 1. The van der Waals surface area contributed by atoms with E-state index in [-0.39, 0.29) is 48.6 Å². The number of likely N-dealkylation sites (tertiary alicyclic amines) is 1. The van der Waals surface area contributed by atoms with Gasteiger partial charge in [-0.3, -0.25) is 4.79 Å². The molecule has 1 heterocycles. The van der Waals surface area contributed by atoms with Crippen LogP contribution in [0.25, 0.3) is 0 Å². The molecule has 1 aliphatic rings. The number of carbonyl (C=O) groups excluding carboxylic acids is 2. The van der Waals surface area contributed by atoms with Crippen LogP contribution in [0.5, 0.6) is 0 Å². The van der Waals surface area contributed by atoms with E-state index < -0.39 is 5.60 Å². The third kappa shape index (κ3) is 10.7. The maximum Gasteiger partial charge on any atom is 0.410 e. The summed E-state index contributed by atoms with van der Waals surface area (Å²) in [6.45, 7) is 13.2. The molecule has 0 aromatic heterocycles. The number of ether oxygens (including phenoxy) is 1. The van der Waals surface area contributed by atoms with Gasteiger partial charge >= 0.3 is 6.09 Å². The van der Waals surface area contributed by atoms with E-state index in [9.17, 15) is 9.59 Å². The molecule has 1 atom stereocenters. The molecule has 0 saturated carbocycles. The Bertz CT molecular complexity index is 572. The van der Waals surface area contributed by atoms with Crippen LogP contribution in [0.3, 0.4) is 0 Å². The van der Waals surface area contributed by atoms with Crippen molar-refractivity contribution < 1.29 is 14.3 Å². The van der Waals surface area contributed by atoms with Gasteiger partial charge in [0, 0.05) is 39.8 Å². The van der Waals surface area contributed by atoms with Gasteiger partial charge in [-0.2, -0.15) is 0 Å². The number of hydrogen-bond donors (Lipinski definition) is 2. The van der Waals surface area contributed by atoms with Gasteiger partial charge in [0.05, 0.1) is 0 Å². The third-order valence-electron chi connectivity index (χ3n) is 3.84. The molecule has 0 bridgehead atoms. The van der Waals surface area contributed by atoms with E-state index in [4.69, 9.17) is 4.74 Å². The highest BCUT2D eigenvalue weighted by molar-refractivity contribution is 14.0. The summed E-state index contributed by atoms with van der Waals surface area (Å²) in [6.07, 6.45) is 1.49. The fourth-order valence-electron chi connectivity index (χ4n) is 2.46. The summed E-state index contributed by atoms with van der Waals surface area (Å²) in [5.74, 6) is 0.467. The standard InChI is InChI=1S/C19H35N5O3.HI/c1-14(2)11-20-17(21-12-16(25)23(6)7)22-15-9-8-10-24(13-15)18(26)27-19(3,4)5;/h15H,1,8-13H2,2-7H3,(H2,20,21,22);1H. The van der Waals surface area contributed by atoms with Crippen molar-refractivity contribution in [3.8, 4) is 0 Å². The first-order chi connectivity index (χ1) is 12.5. The molecule has 0 aromatic carbocycles. The van der Waals surface area contributed by atoms with Crippen molar-refractivity contribution in [3.05, 3.63) is 12.2 Å². The Morgan fingerprint density at radius 3 is 2.50 bits per heavy atom. The van der Waals surface area contributed by atoms with Gasteiger partial charge in [0.25, 0.3) is 0 Å². The molecule has 2 amide bonds. The van der Waals surface area contributed by atoms with E-state index in [1.807, 2.05) is 27.7 Å². The lowest BCUT2D eigenvalue weighted by atomic mass is 10.1. The number of likely N-dealkylation sites (N-methyl/N-ethyl adjacent to an activating group) is 1. The van der Waals surface area contributed by atoms with Crippen LogP contribution in [-0.4, -0.2) is 79.7 Å². The van der Waals surface area contributed by atoms with Crippen LogP contribution >= 0.6 is 24.0 Å². The minimum atomic E-state index is -0.514. The SMILES string of the molecule is C=C(C)CNC(=NCC(=O)N(C)C)NC1CCCN(C(=O)OC(C)(C)C)C1.I. The first-order valence-corrected chi connectivity index (χ1v) is 9.35. The molecule has 162 valence electrons. The molecule has 1 fully saturated rings. The summed E-state index contributed by atoms with van der Waals surface area (Å²) in [6, 6.07) is 0.0390. The molecule has 0 aromatic rings. The normalized spacial score (nSPS) is 17.3. The van der Waals surface area contributed by atoms with Crippen molar-refractivity contribution in [3.63, 3.8) is 0 Å². The van der Waals surface area contributed by atoms with Crippen LogP contribution in [0.4, 0.5) is 4.79 Å². The average molecular weight is 509 g/mol. The number of nitrogens with zero attached hydrogens (tertiary/aromatic N) is 3. The average Bonchev–Trinajstić information content (AvgIpc) is 2.55. The number of carbonyl (C=O) groups is 2. The fraction of sp³-hybridized carbons (Fsp3) is 0.737. The van der Waals surface area contributed by atoms with Crippen molar-refractivity contribution in [2.75, 3.05) is 40.3 Å². The number of guanidine groups is 1. The van der Waals surface area contributed by atoms with E-state index in [0.29, 0.717) is 25.6 Å². The number of rotatable bonds is 5. The van der Waals surface area contributed by atoms with E-state index >= 15 is 0 Å². The highest BCUT2D eigenvalue weighted by Gasteiger charge is 2.28. The molecular formula is C19H36IN5O3. The maximum absolute atomic E-state index is 12.3. The quantitative estimate of drug-likeness (QED) is 0.257. The van der Waals surface area contributed by atoms with Crippen LogP contribution in [0.1, 0.15) is 40.5 Å². The van der Waals surface area contributed by atoms with Crippen molar-refractivity contribution in [1.82, 2.24) is 20.4 Å². The van der Waals surface area contributed by atoms with Gasteiger partial charge in [-0.25, -0.2) is 9.79 Å². The molecule has 1 saturated heterocycles. The number of hydrogen-bond acceptors (Lipinski definition) is 4. The zero-order chi connectivity index (χ0) is 20.6. The van der Waals surface area contributed by atoms with Gasteiger partial charge in [-0.05, 0) is 40.5 Å². The minimum absolute atomic E-state index is 0. The maximum atomic E-state index is 12.3. The fourth-order valence-corrected chi connectivity index (χ4v) is 2.46. The summed E-state index contributed by atoms with van der Waals surface area (Å²) < 4.78 is 5.47. The Morgan fingerprint density at radius 2 is 1.96 bits per heavy atom. The second-order valence-corrected chi connectivity index (χ2v) is 8.17. The van der Waals surface area contributed by atoms with Crippen LogP contribution in [0.2, 0.25) is 0 Å². The summed E-state index contributed by atoms with van der Waals surface area (Å²) in [4.78, 5) is 31.7. The number of nitrogens with one attached hydrogen (secondary N) is 2. The van der Waals surface area contributed by atoms with Crippen LogP contribution in [0, 0.1) is 0 Å². The predicted octanol–water partition coefficient (Wildman–Crippen LogP) is 2.20. The molecular weight excluding hydrogens is 473 g/mol. The lowest BCUT2D eigenvalue weighted by Crippen LogP contribution is -2.53. The van der Waals surface area contributed by atoms with Gasteiger partial charge in [0.2, 0.25) is 5.91 Å². The molecule has 1 rings (SSSR count). The predicted molar refractivity (Wildman–Crippen MR) is 123 cm³/mol. The largest absolute Gasteiger partial charge is 0.444 e. The van der Waals surface area contributed by atoms with Crippen LogP contribution < -0.4 is 10.6 Å². The number of amides is 2. The molecule has 1 unspecified atom stereocenters. The highest BCUT2D eigenvalue weighted by Crippen LogP contribution is 2.15. The van der Waals surface area contributed by atoms with Crippen molar-refractivity contribution in [1.29, 1.82) is 0 Å². The summed E-state index contributed by atoms with van der Waals surface area (Å²) in [7, 11) is 3.40. The second-order valence-electron chi connectivity index (χ2n) is 8.17. The first kappa shape index (κ1) is 26.5. The molecule has 28 heavy (non-hydrogen) atoms. The molecule has 9 heteroatoms. The van der Waals surface area contributed by atoms with Gasteiger partial charge in [-0.1, -0.05) is 12.2 Å². The Balaban J connectivity index is 0.00000729. The summed E-state index contributed by atoms with van der Waals surface area (Å²) in [5.41, 5.74) is 0.446. The molecule has 8 nitrogen and oxygen atoms in total. The molecule has 0 spiro atoms. The zero-order valence-electron chi connectivity index (χ0n) is 18.0. The van der Waals surface area contributed by atoms with Crippen LogP contribution in [0.15, 0.2) is 17.1 Å². The minimum Gasteiger partial charge on any atom is -0.444 e. The first-order valence-electron chi connectivity index (χ1n) is 9.35. The molecule has 1 aliphatic heterocycles. The van der Waals surface area contributed by atoms with Gasteiger partial charge in [-0.15, -0.1) is 24.0 Å². The highest BCUT2D eigenvalue weighted by atomic mass is 127. The summed E-state index contributed by atoms with van der Waals surface area (Å²) in [5, 5.41) is 6.51. The third-order valence-corrected chi connectivity index (χ3v) is 3.84. The van der Waals surface area contributed by atoms with Crippen molar-refractivity contribution in [2.24, 2.45) is 4.99 Å². The Morgan fingerprint density at radius 1 is 1.32 bits per heavy atom. The topological polar surface area (TPSA) is 86.3 Å². The molecule has 0 radical (unpaired) electrons. The lowest BCUT2D eigenvalue weighted by Gasteiger charge is -2.35. The van der Waals surface area contributed by atoms with Crippen molar-refractivity contribution >= 4 is 41.9 Å². The van der Waals surface area contributed by atoms with Crippen molar-refractivity contribution in [2.45, 2.75) is 52.2 Å². The lowest BCUT2D eigenvalue weighted by molar-refractivity contribution is -0.127. The van der Waals surface area contributed by atoms with E-state index in [1.54, 1.807) is 19.0 Å². The molecule has 0 aliphatic carbocycles. The van der Waals surface area contributed by atoms with E-state index in [0.717, 1.165) is 18.4 Å². The van der Waals surface area contributed by atoms with E-state index in [1.165, 1.54) is 4.90 Å². The van der Waals surface area contributed by atoms with Gasteiger partial charge < -0.3 is 25.2 Å². The molecule has 2 N–H and O–H groups in total. The van der Waals surface area contributed by atoms with Gasteiger partial charge in [0.15, 0.2) is 5.96 Å². The Labute approximate surface area is 186 Å². The smallest absolute Gasteiger partial charge is 0.410 e. The second kappa shape index (κ2) is 12.1. The van der Waals surface area contributed by atoms with Gasteiger partial charge in [0.1, 0.15) is 12.1 Å². The zero-order valence-corrected chi connectivity index (χ0v) is 20.3.